The third-order valence-electron chi connectivity index (χ3n) is 2.06. The molecule has 12 heavy (non-hydrogen) atoms. The van der Waals surface area contributed by atoms with Gasteiger partial charge in [0, 0.05) is 6.54 Å². The van der Waals surface area contributed by atoms with E-state index in [9.17, 15) is 5.11 Å². The van der Waals surface area contributed by atoms with Crippen molar-refractivity contribution >= 4 is 0 Å². The van der Waals surface area contributed by atoms with Crippen molar-refractivity contribution in [2.24, 2.45) is 5.73 Å². The van der Waals surface area contributed by atoms with E-state index in [1.165, 1.54) is 0 Å². The average Bonchev–Trinajstić information content (AvgIpc) is 2.09. The van der Waals surface area contributed by atoms with Crippen LogP contribution in [0.5, 0.6) is 5.75 Å². The minimum absolute atomic E-state index is 0.412. The van der Waals surface area contributed by atoms with Gasteiger partial charge in [0.15, 0.2) is 0 Å². The molecule has 0 unspecified atom stereocenters. The molecule has 0 saturated heterocycles. The van der Waals surface area contributed by atoms with Gasteiger partial charge < -0.3 is 10.8 Å². The van der Waals surface area contributed by atoms with Crippen molar-refractivity contribution in [1.82, 2.24) is 0 Å². The molecule has 1 rings (SSSR count). The Bertz CT molecular complexity index is 281. The van der Waals surface area contributed by atoms with Crippen LogP contribution in [0.1, 0.15) is 23.6 Å². The zero-order valence-electron chi connectivity index (χ0n) is 7.59. The van der Waals surface area contributed by atoms with Crippen LogP contribution in [0.3, 0.4) is 0 Å². The van der Waals surface area contributed by atoms with Crippen LogP contribution in [-0.2, 0) is 13.0 Å². The van der Waals surface area contributed by atoms with E-state index in [0.29, 0.717) is 12.3 Å². The van der Waals surface area contributed by atoms with Crippen molar-refractivity contribution in [3.05, 3.63) is 28.8 Å². The van der Waals surface area contributed by atoms with E-state index in [2.05, 4.69) is 0 Å². The van der Waals surface area contributed by atoms with E-state index >= 15 is 0 Å². The molecule has 0 aliphatic heterocycles. The van der Waals surface area contributed by atoms with E-state index in [0.717, 1.165) is 23.1 Å². The summed E-state index contributed by atoms with van der Waals surface area (Å²) in [5.41, 5.74) is 8.49. The molecule has 1 aromatic carbocycles. The van der Waals surface area contributed by atoms with Gasteiger partial charge in [0.2, 0.25) is 0 Å². The summed E-state index contributed by atoms with van der Waals surface area (Å²) in [4.78, 5) is 0. The molecule has 0 aromatic heterocycles. The maximum absolute atomic E-state index is 9.58. The summed E-state index contributed by atoms with van der Waals surface area (Å²) in [6, 6.07) is 3.89. The number of phenolic OH excluding ortho intramolecular Hbond substituents is 1. The highest BCUT2D eigenvalue weighted by molar-refractivity contribution is 5.42. The van der Waals surface area contributed by atoms with E-state index in [4.69, 9.17) is 5.73 Å². The Labute approximate surface area is 73.0 Å². The Hall–Kier alpha value is -1.02. The van der Waals surface area contributed by atoms with Crippen LogP contribution in [0.2, 0.25) is 0 Å². The van der Waals surface area contributed by atoms with Crippen molar-refractivity contribution in [1.29, 1.82) is 0 Å². The average molecular weight is 165 g/mol. The lowest BCUT2D eigenvalue weighted by Crippen LogP contribution is -1.98. The van der Waals surface area contributed by atoms with Gasteiger partial charge in [-0.15, -0.1) is 0 Å². The predicted molar refractivity (Wildman–Crippen MR) is 50.1 cm³/mol. The summed E-state index contributed by atoms with van der Waals surface area (Å²) in [7, 11) is 0. The topological polar surface area (TPSA) is 46.2 Å². The van der Waals surface area contributed by atoms with Crippen LogP contribution in [0, 0.1) is 6.92 Å². The van der Waals surface area contributed by atoms with Gasteiger partial charge in [-0.1, -0.05) is 19.1 Å². The van der Waals surface area contributed by atoms with E-state index in [1.54, 1.807) is 0 Å². The van der Waals surface area contributed by atoms with E-state index < -0.39 is 0 Å². The Morgan fingerprint density at radius 2 is 2.08 bits per heavy atom. The Kier molecular flexibility index (Phi) is 2.71. The van der Waals surface area contributed by atoms with Crippen LogP contribution in [0.4, 0.5) is 0 Å². The van der Waals surface area contributed by atoms with Crippen molar-refractivity contribution < 1.29 is 5.11 Å². The molecule has 0 aliphatic rings. The number of rotatable bonds is 2. The highest BCUT2D eigenvalue weighted by Crippen LogP contribution is 2.23. The fourth-order valence-electron chi connectivity index (χ4n) is 1.32. The quantitative estimate of drug-likeness (QED) is 0.701. The van der Waals surface area contributed by atoms with Gasteiger partial charge in [0.05, 0.1) is 0 Å². The minimum Gasteiger partial charge on any atom is -0.507 e. The molecule has 0 spiro atoms. The van der Waals surface area contributed by atoms with Crippen molar-refractivity contribution in [3.63, 3.8) is 0 Å². The zero-order chi connectivity index (χ0) is 9.14. The van der Waals surface area contributed by atoms with Crippen LogP contribution in [-0.4, -0.2) is 5.11 Å². The molecule has 0 fully saturated rings. The number of hydrogen-bond acceptors (Lipinski definition) is 2. The van der Waals surface area contributed by atoms with E-state index in [1.807, 2.05) is 26.0 Å². The maximum atomic E-state index is 9.58. The number of benzene rings is 1. The first kappa shape index (κ1) is 9.07. The number of aromatic hydroxyl groups is 1. The molecular weight excluding hydrogens is 150 g/mol. The molecular formula is C10H15NO. The Morgan fingerprint density at radius 1 is 1.42 bits per heavy atom. The van der Waals surface area contributed by atoms with Crippen molar-refractivity contribution in [2.75, 3.05) is 0 Å². The van der Waals surface area contributed by atoms with Gasteiger partial charge in [-0.25, -0.2) is 0 Å². The molecule has 0 amide bonds. The summed E-state index contributed by atoms with van der Waals surface area (Å²) in [6.45, 7) is 4.45. The monoisotopic (exact) mass is 165 g/mol. The van der Waals surface area contributed by atoms with Crippen LogP contribution >= 0.6 is 0 Å². The number of nitrogens with two attached hydrogens (primary N) is 1. The zero-order valence-corrected chi connectivity index (χ0v) is 7.59. The second-order valence-electron chi connectivity index (χ2n) is 2.98. The third-order valence-corrected chi connectivity index (χ3v) is 2.06. The summed E-state index contributed by atoms with van der Waals surface area (Å²) in [5, 5.41) is 9.58. The first-order valence-electron chi connectivity index (χ1n) is 4.20. The maximum Gasteiger partial charge on any atom is 0.121 e. The summed E-state index contributed by atoms with van der Waals surface area (Å²) < 4.78 is 0. The number of phenols is 1. The molecule has 0 saturated carbocycles. The van der Waals surface area contributed by atoms with Crippen molar-refractivity contribution in [2.45, 2.75) is 26.8 Å². The summed E-state index contributed by atoms with van der Waals surface area (Å²) in [5.74, 6) is 0.412. The Balaban J connectivity index is 3.19. The molecule has 3 N–H and O–H groups in total. The highest BCUT2D eigenvalue weighted by atomic mass is 16.3. The molecule has 1 aromatic rings. The lowest BCUT2D eigenvalue weighted by molar-refractivity contribution is 0.464. The first-order chi connectivity index (χ1) is 5.69. The van der Waals surface area contributed by atoms with Gasteiger partial charge in [-0.3, -0.25) is 0 Å². The van der Waals surface area contributed by atoms with Crippen LogP contribution < -0.4 is 5.73 Å². The Morgan fingerprint density at radius 3 is 2.58 bits per heavy atom. The molecule has 0 atom stereocenters. The molecule has 66 valence electrons. The van der Waals surface area contributed by atoms with Gasteiger partial charge >= 0.3 is 0 Å². The lowest BCUT2D eigenvalue weighted by Gasteiger charge is -2.07. The fraction of sp³-hybridized carbons (Fsp3) is 0.400. The molecule has 2 nitrogen and oxygen atoms in total. The molecule has 0 heterocycles. The molecule has 2 heteroatoms. The fourth-order valence-corrected chi connectivity index (χ4v) is 1.32. The van der Waals surface area contributed by atoms with Crippen LogP contribution in [0.25, 0.3) is 0 Å². The van der Waals surface area contributed by atoms with Gasteiger partial charge in [0.25, 0.3) is 0 Å². The number of hydrogen-bond donors (Lipinski definition) is 2. The SMILES string of the molecule is CCc1cc(CN)cc(C)c1O. The smallest absolute Gasteiger partial charge is 0.121 e. The molecule has 0 radical (unpaired) electrons. The lowest BCUT2D eigenvalue weighted by atomic mass is 10.0. The van der Waals surface area contributed by atoms with Gasteiger partial charge in [-0.2, -0.15) is 0 Å². The largest absolute Gasteiger partial charge is 0.507 e. The standard InChI is InChI=1S/C10H15NO/c1-3-9-5-8(6-11)4-7(2)10(9)12/h4-5,12H,3,6,11H2,1-2H3. The summed E-state index contributed by atoms with van der Waals surface area (Å²) in [6.07, 6.45) is 0.848. The molecule has 0 aliphatic carbocycles. The van der Waals surface area contributed by atoms with Crippen molar-refractivity contribution in [3.8, 4) is 5.75 Å². The first-order valence-corrected chi connectivity index (χ1v) is 4.20. The number of aryl methyl sites for hydroxylation is 2. The van der Waals surface area contributed by atoms with Crippen LogP contribution in [0.15, 0.2) is 12.1 Å². The van der Waals surface area contributed by atoms with Gasteiger partial charge in [0.1, 0.15) is 5.75 Å². The second-order valence-corrected chi connectivity index (χ2v) is 2.98. The minimum atomic E-state index is 0.412. The predicted octanol–water partition coefficient (Wildman–Crippen LogP) is 1.72. The van der Waals surface area contributed by atoms with Gasteiger partial charge in [-0.05, 0) is 30.0 Å². The molecule has 0 bridgehead atoms. The summed E-state index contributed by atoms with van der Waals surface area (Å²) >= 11 is 0. The normalized spacial score (nSPS) is 10.2. The highest BCUT2D eigenvalue weighted by Gasteiger charge is 2.03. The van der Waals surface area contributed by atoms with E-state index in [-0.39, 0.29) is 0 Å². The third kappa shape index (κ3) is 1.59. The second kappa shape index (κ2) is 3.59.